The molecule has 1 aromatic heterocycles. The summed E-state index contributed by atoms with van der Waals surface area (Å²) in [5, 5.41) is 14.0. The van der Waals surface area contributed by atoms with Crippen LogP contribution in [0.15, 0.2) is 61.2 Å². The highest BCUT2D eigenvalue weighted by Crippen LogP contribution is 2.24. The van der Waals surface area contributed by atoms with Gasteiger partial charge >= 0.3 is 0 Å². The van der Waals surface area contributed by atoms with E-state index in [1.807, 2.05) is 0 Å². The summed E-state index contributed by atoms with van der Waals surface area (Å²) in [5.41, 5.74) is 1.28. The number of nitrogens with one attached hydrogen (secondary N) is 1. The topological polar surface area (TPSA) is 107 Å². The molecule has 0 fully saturated rings. The summed E-state index contributed by atoms with van der Waals surface area (Å²) in [6.45, 7) is 1.45. The average Bonchev–Trinajstić information content (AvgIpc) is 3.16. The van der Waals surface area contributed by atoms with E-state index in [1.165, 1.54) is 42.2 Å². The van der Waals surface area contributed by atoms with Gasteiger partial charge in [-0.25, -0.2) is 4.98 Å². The average molecular weight is 350 g/mol. The summed E-state index contributed by atoms with van der Waals surface area (Å²) < 4.78 is 1.50. The molecule has 0 aliphatic heterocycles. The second-order valence-corrected chi connectivity index (χ2v) is 5.52. The summed E-state index contributed by atoms with van der Waals surface area (Å²) in [6, 6.07) is 10.6. The van der Waals surface area contributed by atoms with Gasteiger partial charge in [0.2, 0.25) is 0 Å². The van der Waals surface area contributed by atoms with E-state index in [0.29, 0.717) is 16.9 Å². The Balaban J connectivity index is 1.86. The first-order valence-electron chi connectivity index (χ1n) is 7.65. The number of carbonyl (C=O) groups excluding carboxylic acids is 2. The number of hydrogen-bond donors (Lipinski definition) is 1. The Morgan fingerprint density at radius 3 is 2.38 bits per heavy atom. The molecule has 1 amide bonds. The maximum absolute atomic E-state index is 12.4. The van der Waals surface area contributed by atoms with Crippen molar-refractivity contribution >= 4 is 23.1 Å². The second-order valence-electron chi connectivity index (χ2n) is 5.52. The zero-order chi connectivity index (χ0) is 18.7. The molecule has 0 atom stereocenters. The minimum atomic E-state index is -0.548. The van der Waals surface area contributed by atoms with E-state index >= 15 is 0 Å². The zero-order valence-corrected chi connectivity index (χ0v) is 13.7. The Morgan fingerprint density at radius 2 is 1.81 bits per heavy atom. The van der Waals surface area contributed by atoms with Gasteiger partial charge in [0.05, 0.1) is 11.3 Å². The van der Waals surface area contributed by atoms with Crippen LogP contribution in [0.3, 0.4) is 0 Å². The molecule has 0 radical (unpaired) electrons. The van der Waals surface area contributed by atoms with Crippen molar-refractivity contribution in [3.8, 4) is 5.69 Å². The number of nitro benzene ring substituents is 1. The number of nitrogens with zero attached hydrogens (tertiary/aromatic N) is 3. The predicted molar refractivity (Wildman–Crippen MR) is 94.6 cm³/mol. The molecule has 0 bridgehead atoms. The van der Waals surface area contributed by atoms with Crippen LogP contribution in [-0.2, 0) is 0 Å². The number of ketones is 1. The Kier molecular flexibility index (Phi) is 4.57. The molecular formula is C18H14N4O4. The van der Waals surface area contributed by atoms with E-state index in [4.69, 9.17) is 0 Å². The highest BCUT2D eigenvalue weighted by molar-refractivity contribution is 6.05. The fourth-order valence-electron chi connectivity index (χ4n) is 2.42. The SMILES string of the molecule is CC(=O)c1ccc(NC(=O)c2ccc(-n3ccnc3)c([N+](=O)[O-])c2)cc1. The lowest BCUT2D eigenvalue weighted by Gasteiger charge is -2.08. The third-order valence-electron chi connectivity index (χ3n) is 3.77. The minimum absolute atomic E-state index is 0.0754. The van der Waals surface area contributed by atoms with Gasteiger partial charge < -0.3 is 9.88 Å². The van der Waals surface area contributed by atoms with Gasteiger partial charge in [-0.3, -0.25) is 19.7 Å². The van der Waals surface area contributed by atoms with E-state index in [-0.39, 0.29) is 17.0 Å². The van der Waals surface area contributed by atoms with Crippen LogP contribution in [0.5, 0.6) is 0 Å². The Morgan fingerprint density at radius 1 is 1.12 bits per heavy atom. The van der Waals surface area contributed by atoms with Gasteiger partial charge in [-0.05, 0) is 43.3 Å². The monoisotopic (exact) mass is 350 g/mol. The molecule has 8 nitrogen and oxygen atoms in total. The molecule has 0 saturated heterocycles. The van der Waals surface area contributed by atoms with Crippen molar-refractivity contribution in [1.82, 2.24) is 9.55 Å². The van der Waals surface area contributed by atoms with E-state index in [0.717, 1.165) is 0 Å². The Bertz CT molecular complexity index is 979. The number of nitro groups is 1. The number of rotatable bonds is 5. The van der Waals surface area contributed by atoms with E-state index in [2.05, 4.69) is 10.3 Å². The van der Waals surface area contributed by atoms with Crippen molar-refractivity contribution in [2.45, 2.75) is 6.92 Å². The number of anilines is 1. The van der Waals surface area contributed by atoms with Crippen molar-refractivity contribution in [1.29, 1.82) is 0 Å². The number of imidazole rings is 1. The number of benzene rings is 2. The summed E-state index contributed by atoms with van der Waals surface area (Å²) in [7, 11) is 0. The third-order valence-corrected chi connectivity index (χ3v) is 3.77. The van der Waals surface area contributed by atoms with Gasteiger partial charge in [-0.15, -0.1) is 0 Å². The van der Waals surface area contributed by atoms with Crippen LogP contribution < -0.4 is 5.32 Å². The van der Waals surface area contributed by atoms with Gasteiger partial charge in [0.15, 0.2) is 5.78 Å². The molecule has 0 spiro atoms. The molecule has 2 aromatic carbocycles. The number of hydrogen-bond acceptors (Lipinski definition) is 5. The van der Waals surface area contributed by atoms with Crippen LogP contribution in [0.2, 0.25) is 0 Å². The van der Waals surface area contributed by atoms with Crippen LogP contribution in [0.25, 0.3) is 5.69 Å². The van der Waals surface area contributed by atoms with Gasteiger partial charge in [-0.1, -0.05) is 0 Å². The number of carbonyl (C=O) groups is 2. The molecule has 0 aliphatic carbocycles. The molecule has 26 heavy (non-hydrogen) atoms. The maximum atomic E-state index is 12.4. The molecule has 0 aliphatic rings. The summed E-state index contributed by atoms with van der Waals surface area (Å²) in [5.74, 6) is -0.561. The fraction of sp³-hybridized carbons (Fsp3) is 0.0556. The predicted octanol–water partition coefficient (Wildman–Crippen LogP) is 3.24. The Hall–Kier alpha value is -3.81. The van der Waals surface area contributed by atoms with Crippen LogP contribution in [0.1, 0.15) is 27.6 Å². The van der Waals surface area contributed by atoms with Crippen molar-refractivity contribution in [3.05, 3.63) is 82.4 Å². The van der Waals surface area contributed by atoms with E-state index in [9.17, 15) is 19.7 Å². The molecule has 3 rings (SSSR count). The molecule has 3 aromatic rings. The van der Waals surface area contributed by atoms with Gasteiger partial charge in [0, 0.05) is 35.3 Å². The molecular weight excluding hydrogens is 336 g/mol. The second kappa shape index (κ2) is 6.98. The fourth-order valence-corrected chi connectivity index (χ4v) is 2.42. The van der Waals surface area contributed by atoms with Crippen molar-refractivity contribution in [3.63, 3.8) is 0 Å². The van der Waals surface area contributed by atoms with Gasteiger partial charge in [0.1, 0.15) is 5.69 Å². The lowest BCUT2D eigenvalue weighted by molar-refractivity contribution is -0.384. The highest BCUT2D eigenvalue weighted by Gasteiger charge is 2.19. The summed E-state index contributed by atoms with van der Waals surface area (Å²) in [4.78, 5) is 38.3. The smallest absolute Gasteiger partial charge is 0.294 e. The van der Waals surface area contributed by atoms with Crippen LogP contribution >= 0.6 is 0 Å². The first-order chi connectivity index (χ1) is 12.5. The van der Waals surface area contributed by atoms with Crippen molar-refractivity contribution in [2.24, 2.45) is 0 Å². The summed E-state index contributed by atoms with van der Waals surface area (Å²) in [6.07, 6.45) is 4.53. The maximum Gasteiger partial charge on any atom is 0.294 e. The first-order valence-corrected chi connectivity index (χ1v) is 7.65. The van der Waals surface area contributed by atoms with Crippen LogP contribution in [0.4, 0.5) is 11.4 Å². The number of Topliss-reactive ketones (excluding diaryl/α,β-unsaturated/α-hetero) is 1. The lowest BCUT2D eigenvalue weighted by Crippen LogP contribution is -2.13. The largest absolute Gasteiger partial charge is 0.322 e. The van der Waals surface area contributed by atoms with Crippen LogP contribution in [0, 0.1) is 10.1 Å². The van der Waals surface area contributed by atoms with Crippen molar-refractivity contribution < 1.29 is 14.5 Å². The lowest BCUT2D eigenvalue weighted by atomic mass is 10.1. The highest BCUT2D eigenvalue weighted by atomic mass is 16.6. The third kappa shape index (κ3) is 3.48. The van der Waals surface area contributed by atoms with E-state index < -0.39 is 10.8 Å². The minimum Gasteiger partial charge on any atom is -0.322 e. The van der Waals surface area contributed by atoms with E-state index in [1.54, 1.807) is 30.5 Å². The van der Waals surface area contributed by atoms with Crippen molar-refractivity contribution in [2.75, 3.05) is 5.32 Å². The molecule has 1 heterocycles. The normalized spacial score (nSPS) is 10.3. The van der Waals surface area contributed by atoms with Gasteiger partial charge in [-0.2, -0.15) is 0 Å². The number of aromatic nitrogens is 2. The van der Waals surface area contributed by atoms with Gasteiger partial charge in [0.25, 0.3) is 11.6 Å². The molecule has 0 saturated carbocycles. The molecule has 130 valence electrons. The summed E-state index contributed by atoms with van der Waals surface area (Å²) >= 11 is 0. The Labute approximate surface area is 148 Å². The zero-order valence-electron chi connectivity index (χ0n) is 13.7. The molecule has 0 unspecified atom stereocenters. The first kappa shape index (κ1) is 17.0. The standard InChI is InChI=1S/C18H14N4O4/c1-12(23)13-2-5-15(6-3-13)20-18(24)14-4-7-16(17(10-14)22(25)26)21-9-8-19-11-21/h2-11H,1H3,(H,20,24). The quantitative estimate of drug-likeness (QED) is 0.432. The molecule has 8 heteroatoms. The number of amides is 1. The molecule has 1 N–H and O–H groups in total. The van der Waals surface area contributed by atoms with Crippen LogP contribution in [-0.4, -0.2) is 26.2 Å².